The third-order valence-electron chi connectivity index (χ3n) is 4.91. The van der Waals surface area contributed by atoms with E-state index in [2.05, 4.69) is 14.2 Å². The van der Waals surface area contributed by atoms with Crippen molar-refractivity contribution < 1.29 is 9.67 Å². The summed E-state index contributed by atoms with van der Waals surface area (Å²) in [7, 11) is 2.69. The zero-order chi connectivity index (χ0) is 20.0. The molecule has 0 fully saturated rings. The van der Waals surface area contributed by atoms with Gasteiger partial charge >= 0.3 is 5.56 Å². The van der Waals surface area contributed by atoms with Crippen LogP contribution in [0.5, 0.6) is 5.88 Å². The number of fused-ring (bicyclic) bond motifs is 1. The van der Waals surface area contributed by atoms with Crippen LogP contribution in [0.15, 0.2) is 47.5 Å². The molecule has 7 heteroatoms. The standard InChI is InChI=1S/C21H20N3O2PS/c1-12-6-4-8-16(18(12)27)17-20(25)23-9-5-7-13(2)19(23)24(21(17)26)11-15-10-22-14(3)28-15/h4-10H,11,27H2,1-3H3/p+1. The molecule has 1 N–H and O–H groups in total. The molecule has 4 rings (SSSR count). The second-order valence-electron chi connectivity index (χ2n) is 6.86. The molecule has 0 aliphatic rings. The SMILES string of the molecule is Cc1ncc(C[n+]2c(O)c(-c3cccc(C)c3P)c(=O)n3cccc(C)c32)s1. The Labute approximate surface area is 169 Å². The third kappa shape index (κ3) is 3.03. The largest absolute Gasteiger partial charge is 0.477 e. The minimum Gasteiger partial charge on any atom is -0.477 e. The fourth-order valence-corrected chi connectivity index (χ4v) is 4.61. The number of pyridine rings is 1. The molecule has 142 valence electrons. The van der Waals surface area contributed by atoms with E-state index < -0.39 is 0 Å². The van der Waals surface area contributed by atoms with Crippen molar-refractivity contribution >= 4 is 31.5 Å². The maximum Gasteiger partial charge on any atom is 0.354 e. The maximum atomic E-state index is 13.3. The molecule has 3 heterocycles. The first-order chi connectivity index (χ1) is 13.4. The van der Waals surface area contributed by atoms with Gasteiger partial charge in [0.2, 0.25) is 0 Å². The van der Waals surface area contributed by atoms with Crippen molar-refractivity contribution in [3.63, 3.8) is 0 Å². The van der Waals surface area contributed by atoms with Crippen molar-refractivity contribution in [2.45, 2.75) is 27.3 Å². The highest BCUT2D eigenvalue weighted by Gasteiger charge is 2.27. The molecule has 28 heavy (non-hydrogen) atoms. The average Bonchev–Trinajstić information content (AvgIpc) is 3.07. The van der Waals surface area contributed by atoms with Gasteiger partial charge in [0, 0.05) is 17.3 Å². The van der Waals surface area contributed by atoms with Crippen LogP contribution >= 0.6 is 20.6 Å². The highest BCUT2D eigenvalue weighted by atomic mass is 32.1. The number of nitrogens with zero attached hydrogens (tertiary/aromatic N) is 3. The van der Waals surface area contributed by atoms with Crippen LogP contribution < -0.4 is 15.4 Å². The summed E-state index contributed by atoms with van der Waals surface area (Å²) in [6, 6.07) is 9.55. The Morgan fingerprint density at radius 3 is 2.64 bits per heavy atom. The zero-order valence-electron chi connectivity index (χ0n) is 15.9. The van der Waals surface area contributed by atoms with Gasteiger partial charge in [-0.3, -0.25) is 0 Å². The fourth-order valence-electron chi connectivity index (χ4n) is 3.49. The first-order valence-electron chi connectivity index (χ1n) is 8.92. The summed E-state index contributed by atoms with van der Waals surface area (Å²) in [4.78, 5) is 18.7. The predicted octanol–water partition coefficient (Wildman–Crippen LogP) is 2.89. The Hall–Kier alpha value is -2.56. The number of aryl methyl sites for hydroxylation is 3. The monoisotopic (exact) mass is 410 g/mol. The van der Waals surface area contributed by atoms with E-state index in [1.807, 2.05) is 57.3 Å². The topological polar surface area (TPSA) is 58.5 Å². The van der Waals surface area contributed by atoms with Crippen LogP contribution in [0.1, 0.15) is 21.0 Å². The summed E-state index contributed by atoms with van der Waals surface area (Å²) in [6.07, 6.45) is 3.57. The third-order valence-corrected chi connectivity index (χ3v) is 6.57. The van der Waals surface area contributed by atoms with Crippen LogP contribution in [0.25, 0.3) is 16.8 Å². The molecule has 0 bridgehead atoms. The quantitative estimate of drug-likeness (QED) is 0.417. The summed E-state index contributed by atoms with van der Waals surface area (Å²) < 4.78 is 3.41. The molecule has 5 nitrogen and oxygen atoms in total. The maximum absolute atomic E-state index is 13.3. The van der Waals surface area contributed by atoms with Gasteiger partial charge < -0.3 is 5.11 Å². The van der Waals surface area contributed by atoms with Crippen LogP contribution in [-0.4, -0.2) is 14.5 Å². The first kappa shape index (κ1) is 18.8. The fraction of sp³-hybridized carbons (Fsp3) is 0.190. The molecular formula is C21H21N3O2PS+. The normalized spacial score (nSPS) is 11.3. The molecule has 0 saturated carbocycles. The van der Waals surface area contributed by atoms with Crippen molar-refractivity contribution in [2.75, 3.05) is 0 Å². The summed E-state index contributed by atoms with van der Waals surface area (Å²) in [5.74, 6) is -0.0281. The second kappa shape index (κ2) is 7.12. The van der Waals surface area contributed by atoms with Gasteiger partial charge in [-0.25, -0.2) is 9.78 Å². The lowest BCUT2D eigenvalue weighted by atomic mass is 10.0. The highest BCUT2D eigenvalue weighted by Crippen LogP contribution is 2.25. The van der Waals surface area contributed by atoms with E-state index in [-0.39, 0.29) is 11.4 Å². The van der Waals surface area contributed by atoms with Gasteiger partial charge in [0.25, 0.3) is 11.5 Å². The van der Waals surface area contributed by atoms with Crippen molar-refractivity contribution in [3.8, 4) is 17.0 Å². The van der Waals surface area contributed by atoms with E-state index in [1.165, 1.54) is 0 Å². The Balaban J connectivity index is 2.10. The molecule has 0 saturated heterocycles. The van der Waals surface area contributed by atoms with E-state index >= 15 is 0 Å². The summed E-state index contributed by atoms with van der Waals surface area (Å²) in [6.45, 7) is 6.32. The second-order valence-corrected chi connectivity index (χ2v) is 8.75. The van der Waals surface area contributed by atoms with Gasteiger partial charge in [0.05, 0.1) is 16.1 Å². The number of hydrogen-bond acceptors (Lipinski definition) is 4. The molecule has 1 unspecified atom stereocenters. The Kier molecular flexibility index (Phi) is 4.77. The lowest BCUT2D eigenvalue weighted by Gasteiger charge is -2.13. The average molecular weight is 410 g/mol. The minimum atomic E-state index is -0.234. The van der Waals surface area contributed by atoms with Crippen molar-refractivity contribution in [1.29, 1.82) is 0 Å². The number of hydrogen-bond donors (Lipinski definition) is 1. The molecule has 1 aromatic carbocycles. The molecule has 0 amide bonds. The Morgan fingerprint density at radius 2 is 1.93 bits per heavy atom. The Morgan fingerprint density at radius 1 is 1.18 bits per heavy atom. The summed E-state index contributed by atoms with van der Waals surface area (Å²) in [5.41, 5.74) is 3.42. The zero-order valence-corrected chi connectivity index (χ0v) is 17.9. The Bertz CT molecular complexity index is 1280. The smallest absolute Gasteiger partial charge is 0.354 e. The number of thiazole rings is 1. The first-order valence-corrected chi connectivity index (χ1v) is 10.3. The summed E-state index contributed by atoms with van der Waals surface area (Å²) >= 11 is 1.58. The van der Waals surface area contributed by atoms with Gasteiger partial charge in [-0.1, -0.05) is 18.2 Å². The lowest BCUT2D eigenvalue weighted by molar-refractivity contribution is -0.671. The van der Waals surface area contributed by atoms with Gasteiger partial charge in [0.1, 0.15) is 6.54 Å². The van der Waals surface area contributed by atoms with Gasteiger partial charge in [-0.2, -0.15) is 8.97 Å². The van der Waals surface area contributed by atoms with Crippen LogP contribution in [0.2, 0.25) is 0 Å². The van der Waals surface area contributed by atoms with Crippen LogP contribution in [-0.2, 0) is 6.54 Å². The van der Waals surface area contributed by atoms with E-state index in [4.69, 9.17) is 0 Å². The van der Waals surface area contributed by atoms with Crippen LogP contribution in [0.4, 0.5) is 0 Å². The molecule has 0 aliphatic heterocycles. The molecule has 3 aromatic heterocycles. The number of aromatic nitrogens is 3. The molecule has 0 radical (unpaired) electrons. The van der Waals surface area contributed by atoms with E-state index in [0.717, 1.165) is 31.9 Å². The van der Waals surface area contributed by atoms with E-state index in [0.29, 0.717) is 17.8 Å². The number of benzene rings is 1. The van der Waals surface area contributed by atoms with E-state index in [1.54, 1.807) is 26.5 Å². The van der Waals surface area contributed by atoms with Crippen LogP contribution in [0, 0.1) is 20.8 Å². The molecule has 1 atom stereocenters. The molecule has 4 aromatic rings. The van der Waals surface area contributed by atoms with Gasteiger partial charge in [0.15, 0.2) is 5.56 Å². The molecule has 0 aliphatic carbocycles. The van der Waals surface area contributed by atoms with Gasteiger partial charge in [-0.15, -0.1) is 20.6 Å². The van der Waals surface area contributed by atoms with Crippen molar-refractivity contribution in [1.82, 2.24) is 9.38 Å². The number of rotatable bonds is 3. The van der Waals surface area contributed by atoms with Crippen molar-refractivity contribution in [2.24, 2.45) is 0 Å². The molecule has 0 spiro atoms. The van der Waals surface area contributed by atoms with E-state index in [9.17, 15) is 9.90 Å². The predicted molar refractivity (Wildman–Crippen MR) is 116 cm³/mol. The summed E-state index contributed by atoms with van der Waals surface area (Å²) in [5, 5.41) is 13.1. The minimum absolute atomic E-state index is 0.0281. The number of aromatic hydroxyl groups is 1. The van der Waals surface area contributed by atoms with Crippen molar-refractivity contribution in [3.05, 3.63) is 74.1 Å². The van der Waals surface area contributed by atoms with Crippen LogP contribution in [0.3, 0.4) is 0 Å². The van der Waals surface area contributed by atoms with Gasteiger partial charge in [-0.05, 0) is 43.8 Å². The highest BCUT2D eigenvalue weighted by molar-refractivity contribution is 7.28. The lowest BCUT2D eigenvalue weighted by Crippen LogP contribution is -2.42. The molecular weight excluding hydrogens is 389 g/mol.